The summed E-state index contributed by atoms with van der Waals surface area (Å²) >= 11 is 3.41. The van der Waals surface area contributed by atoms with Crippen molar-refractivity contribution in [1.29, 1.82) is 0 Å². The van der Waals surface area contributed by atoms with E-state index in [-0.39, 0.29) is 47.4 Å². The smallest absolute Gasteiger partial charge is 0.270 e. The Bertz CT molecular complexity index is 1950. The van der Waals surface area contributed by atoms with Crippen molar-refractivity contribution in [2.24, 2.45) is 10.8 Å². The van der Waals surface area contributed by atoms with E-state index in [0.29, 0.717) is 22.5 Å². The van der Waals surface area contributed by atoms with E-state index in [1.54, 1.807) is 34.5 Å². The molecule has 180 valence electrons. The predicted molar refractivity (Wildman–Crippen MR) is 155 cm³/mol. The maximum absolute atomic E-state index is 9.36. The molecule has 0 bridgehead atoms. The standard InChI is InChI=1S/C31H30BNOS2/c1-17-11-21-26-22(12-17)34-27-20-14-31(4,5)16-24(20)35-28(27)32(26)25-19-13-30(2,3)15-23(19)36-29(25)33(21)18-9-7-6-8-10-18/h6-12H,13-16H2,1-5H3/i6D,7D,8D,9D,10D,11D,12D. The van der Waals surface area contributed by atoms with Crippen molar-refractivity contribution in [2.75, 3.05) is 4.90 Å². The normalized spacial score (nSPS) is 22.1. The first-order valence-electron chi connectivity index (χ1n) is 16.1. The Morgan fingerprint density at radius 3 is 2.33 bits per heavy atom. The minimum atomic E-state index is -0.445. The minimum Gasteiger partial charge on any atom is -0.457 e. The Labute approximate surface area is 231 Å². The number of anilines is 3. The van der Waals surface area contributed by atoms with E-state index < -0.39 is 18.1 Å². The van der Waals surface area contributed by atoms with Crippen LogP contribution in [0.15, 0.2) is 42.3 Å². The van der Waals surface area contributed by atoms with E-state index in [0.717, 1.165) is 46.7 Å². The van der Waals surface area contributed by atoms with Gasteiger partial charge in [0.15, 0.2) is 0 Å². The van der Waals surface area contributed by atoms with Crippen molar-refractivity contribution in [2.45, 2.75) is 60.3 Å². The molecule has 4 aliphatic rings. The average molecular weight is 515 g/mol. The van der Waals surface area contributed by atoms with Crippen molar-refractivity contribution < 1.29 is 14.3 Å². The fourth-order valence-corrected chi connectivity index (χ4v) is 9.98. The summed E-state index contributed by atoms with van der Waals surface area (Å²) in [7, 11) is 0. The first-order valence-corrected chi connectivity index (χ1v) is 14.2. The fourth-order valence-electron chi connectivity index (χ4n) is 6.73. The van der Waals surface area contributed by atoms with Gasteiger partial charge in [-0.15, -0.1) is 11.3 Å². The maximum Gasteiger partial charge on any atom is 0.270 e. The van der Waals surface area contributed by atoms with Gasteiger partial charge in [0.2, 0.25) is 0 Å². The molecule has 0 atom stereocenters. The predicted octanol–water partition coefficient (Wildman–Crippen LogP) is 6.77. The molecule has 0 saturated heterocycles. The molecule has 2 aromatic carbocycles. The van der Waals surface area contributed by atoms with Crippen LogP contribution in [-0.2, 0) is 25.7 Å². The van der Waals surface area contributed by atoms with Crippen LogP contribution in [0.1, 0.15) is 63.7 Å². The Morgan fingerprint density at radius 2 is 1.58 bits per heavy atom. The third kappa shape index (κ3) is 2.85. The molecule has 0 fully saturated rings. The van der Waals surface area contributed by atoms with Crippen molar-refractivity contribution in [3.63, 3.8) is 0 Å². The Morgan fingerprint density at radius 1 is 0.889 bits per heavy atom. The molecule has 0 unspecified atom stereocenters. The third-order valence-corrected chi connectivity index (χ3v) is 10.6. The van der Waals surface area contributed by atoms with Gasteiger partial charge in [-0.3, -0.25) is 0 Å². The van der Waals surface area contributed by atoms with Crippen molar-refractivity contribution in [3.05, 3.63) is 68.7 Å². The number of para-hydroxylation sites is 1. The number of hydrogen-bond acceptors (Lipinski definition) is 4. The van der Waals surface area contributed by atoms with E-state index in [4.69, 9.17) is 13.0 Å². The molecule has 2 aromatic heterocycles. The minimum absolute atomic E-state index is 0.0407. The Kier molecular flexibility index (Phi) is 3.00. The van der Waals surface area contributed by atoms with Crippen LogP contribution in [0.2, 0.25) is 0 Å². The zero-order chi connectivity index (χ0) is 30.7. The summed E-state index contributed by atoms with van der Waals surface area (Å²) in [5.41, 5.74) is 5.42. The van der Waals surface area contributed by atoms with Gasteiger partial charge < -0.3 is 9.64 Å². The van der Waals surface area contributed by atoms with Crippen LogP contribution >= 0.6 is 22.7 Å². The number of benzene rings is 2. The lowest BCUT2D eigenvalue weighted by Gasteiger charge is -2.38. The first kappa shape index (κ1) is 15.7. The van der Waals surface area contributed by atoms with Crippen molar-refractivity contribution in [3.8, 4) is 11.5 Å². The fraction of sp³-hybridized carbons (Fsp3) is 0.355. The second-order valence-corrected chi connectivity index (χ2v) is 14.5. The van der Waals surface area contributed by atoms with E-state index in [1.807, 2.05) is 0 Å². The molecule has 4 heterocycles. The zero-order valence-corrected chi connectivity index (χ0v) is 22.7. The molecule has 5 heteroatoms. The van der Waals surface area contributed by atoms with Gasteiger partial charge >= 0.3 is 0 Å². The molecule has 8 rings (SSSR count). The lowest BCUT2D eigenvalue weighted by Crippen LogP contribution is -2.59. The van der Waals surface area contributed by atoms with Crippen LogP contribution in [0.4, 0.5) is 16.4 Å². The third-order valence-electron chi connectivity index (χ3n) is 8.06. The Balaban J connectivity index is 1.51. The molecule has 0 amide bonds. The largest absolute Gasteiger partial charge is 0.457 e. The number of hydrogen-bond donors (Lipinski definition) is 0. The molecule has 36 heavy (non-hydrogen) atoms. The molecule has 2 aliphatic heterocycles. The Hall–Kier alpha value is -2.50. The highest BCUT2D eigenvalue weighted by molar-refractivity contribution is 7.30. The molecule has 2 nitrogen and oxygen atoms in total. The van der Waals surface area contributed by atoms with Crippen LogP contribution in [0.5, 0.6) is 11.5 Å². The zero-order valence-electron chi connectivity index (χ0n) is 28.1. The molecular formula is C31H30BNOS2. The molecule has 2 aliphatic carbocycles. The van der Waals surface area contributed by atoms with Gasteiger partial charge in [-0.05, 0) is 89.7 Å². The molecule has 4 aromatic rings. The molecule has 0 radical (unpaired) electrons. The number of ether oxygens (including phenoxy) is 1. The highest BCUT2D eigenvalue weighted by Gasteiger charge is 2.50. The quantitative estimate of drug-likeness (QED) is 0.225. The lowest BCUT2D eigenvalue weighted by atomic mass is 9.36. The van der Waals surface area contributed by atoms with E-state index in [9.17, 15) is 1.37 Å². The van der Waals surface area contributed by atoms with E-state index in [2.05, 4.69) is 27.7 Å². The van der Waals surface area contributed by atoms with Gasteiger partial charge in [-0.2, -0.15) is 11.3 Å². The van der Waals surface area contributed by atoms with Crippen molar-refractivity contribution >= 4 is 61.5 Å². The van der Waals surface area contributed by atoms with Crippen LogP contribution in [-0.4, -0.2) is 6.71 Å². The summed E-state index contributed by atoms with van der Waals surface area (Å²) in [5, 5.41) is 0.815. The SMILES string of the molecule is [2H]c1c([2H])c([2H])c(N2c3sc4c(c3B3c5sc6c(c5Oc5c([2H])c(C)c([2H])c2c53)CC(C)(C)C6)CC(C)(C)C4)c([2H])c1[2H]. The first-order chi connectivity index (χ1) is 20.1. The van der Waals surface area contributed by atoms with Crippen molar-refractivity contribution in [1.82, 2.24) is 0 Å². The molecular weight excluding hydrogens is 477 g/mol. The monoisotopic (exact) mass is 514 g/mol. The number of thiophene rings is 2. The summed E-state index contributed by atoms with van der Waals surface area (Å²) < 4.78 is 69.5. The van der Waals surface area contributed by atoms with Crippen LogP contribution in [0.3, 0.4) is 0 Å². The van der Waals surface area contributed by atoms with Gasteiger partial charge in [0, 0.05) is 31.5 Å². The lowest BCUT2D eigenvalue weighted by molar-refractivity contribution is 0.388. The molecule has 0 N–H and O–H groups in total. The van der Waals surface area contributed by atoms with Gasteiger partial charge in [0.1, 0.15) is 11.5 Å². The number of rotatable bonds is 1. The molecule has 0 saturated carbocycles. The van der Waals surface area contributed by atoms with Gasteiger partial charge in [-0.25, -0.2) is 0 Å². The maximum atomic E-state index is 9.36. The highest BCUT2D eigenvalue weighted by atomic mass is 32.1. The summed E-state index contributed by atoms with van der Waals surface area (Å²) in [6.07, 6.45) is 3.62. The van der Waals surface area contributed by atoms with E-state index >= 15 is 0 Å². The second-order valence-electron chi connectivity index (χ2n) is 12.3. The summed E-state index contributed by atoms with van der Waals surface area (Å²) in [6.45, 7) is 10.6. The van der Waals surface area contributed by atoms with Crippen LogP contribution in [0.25, 0.3) is 0 Å². The number of nitrogens with zero attached hydrogens (tertiary/aromatic N) is 1. The summed E-state index contributed by atoms with van der Waals surface area (Å²) in [6, 6.07) is -1.57. The second kappa shape index (κ2) is 6.87. The average Bonchev–Trinajstić information content (AvgIpc) is 3.62. The van der Waals surface area contributed by atoms with Gasteiger partial charge in [-0.1, -0.05) is 45.8 Å². The number of fused-ring (bicyclic) bond motifs is 8. The topological polar surface area (TPSA) is 12.5 Å². The van der Waals surface area contributed by atoms with Crippen LogP contribution < -0.4 is 25.3 Å². The van der Waals surface area contributed by atoms with Gasteiger partial charge in [0.05, 0.1) is 14.6 Å². The van der Waals surface area contributed by atoms with Crippen LogP contribution in [0, 0.1) is 17.8 Å². The summed E-state index contributed by atoms with van der Waals surface area (Å²) in [4.78, 5) is 4.31. The molecule has 0 spiro atoms. The summed E-state index contributed by atoms with van der Waals surface area (Å²) in [5.74, 6) is 1.28. The highest BCUT2D eigenvalue weighted by Crippen LogP contribution is 2.52. The van der Waals surface area contributed by atoms with E-state index in [1.165, 1.54) is 20.9 Å². The van der Waals surface area contributed by atoms with Gasteiger partial charge in [0.25, 0.3) is 6.71 Å².